The molecule has 17 heavy (non-hydrogen) atoms. The third-order valence-corrected chi connectivity index (χ3v) is 2.40. The number of fused-ring (bicyclic) bond motifs is 1. The fourth-order valence-electron chi connectivity index (χ4n) is 1.57. The van der Waals surface area contributed by atoms with E-state index in [0.717, 1.165) is 10.9 Å². The molecule has 88 valence electrons. The molecular weight excluding hydrogens is 220 g/mol. The summed E-state index contributed by atoms with van der Waals surface area (Å²) < 4.78 is 4.42. The van der Waals surface area contributed by atoms with E-state index >= 15 is 0 Å². The van der Waals surface area contributed by atoms with Crippen LogP contribution in [0.4, 0.5) is 5.69 Å². The fraction of sp³-hybridized carbons (Fsp3) is 0.167. The molecule has 0 saturated heterocycles. The fourth-order valence-corrected chi connectivity index (χ4v) is 1.57. The first kappa shape index (κ1) is 11.2. The molecule has 0 aliphatic carbocycles. The van der Waals surface area contributed by atoms with E-state index in [9.17, 15) is 9.59 Å². The minimum Gasteiger partial charge on any atom is -0.469 e. The highest BCUT2D eigenvalue weighted by molar-refractivity contribution is 6.06. The Hall–Kier alpha value is -2.30. The van der Waals surface area contributed by atoms with E-state index in [1.807, 2.05) is 24.3 Å². The summed E-state index contributed by atoms with van der Waals surface area (Å²) in [4.78, 5) is 25.5. The van der Waals surface area contributed by atoms with Crippen LogP contribution in [0.25, 0.3) is 10.9 Å². The van der Waals surface area contributed by atoms with E-state index in [-0.39, 0.29) is 12.3 Å². The van der Waals surface area contributed by atoms with Crippen molar-refractivity contribution in [1.29, 1.82) is 0 Å². The molecule has 1 amide bonds. The van der Waals surface area contributed by atoms with E-state index in [2.05, 4.69) is 15.0 Å². The van der Waals surface area contributed by atoms with E-state index in [0.29, 0.717) is 5.69 Å². The topological polar surface area (TPSA) is 71.2 Å². The third kappa shape index (κ3) is 2.44. The van der Waals surface area contributed by atoms with Gasteiger partial charge in [0.1, 0.15) is 6.42 Å². The van der Waals surface area contributed by atoms with Gasteiger partial charge in [-0.15, -0.1) is 0 Å². The Kier molecular flexibility index (Phi) is 3.09. The number of aromatic amines is 1. The number of esters is 1. The molecule has 0 aliphatic heterocycles. The van der Waals surface area contributed by atoms with E-state index in [1.54, 1.807) is 6.20 Å². The summed E-state index contributed by atoms with van der Waals surface area (Å²) in [6.07, 6.45) is 1.41. The van der Waals surface area contributed by atoms with Gasteiger partial charge in [-0.05, 0) is 6.07 Å². The van der Waals surface area contributed by atoms with E-state index in [1.165, 1.54) is 7.11 Å². The highest BCUT2D eigenvalue weighted by Crippen LogP contribution is 2.22. The first-order valence-corrected chi connectivity index (χ1v) is 5.13. The van der Waals surface area contributed by atoms with Crippen LogP contribution in [0.1, 0.15) is 6.42 Å². The zero-order chi connectivity index (χ0) is 12.3. The van der Waals surface area contributed by atoms with Gasteiger partial charge in [-0.25, -0.2) is 0 Å². The number of para-hydroxylation sites is 1. The Morgan fingerprint density at radius 1 is 1.35 bits per heavy atom. The molecule has 2 aromatic rings. The molecule has 2 rings (SSSR count). The number of amides is 1. The molecule has 0 fully saturated rings. The second-order valence-corrected chi connectivity index (χ2v) is 3.55. The summed E-state index contributed by atoms with van der Waals surface area (Å²) in [5.41, 5.74) is 1.59. The molecule has 5 nitrogen and oxygen atoms in total. The van der Waals surface area contributed by atoms with Gasteiger partial charge in [0.15, 0.2) is 0 Å². The average Bonchev–Trinajstić information content (AvgIpc) is 2.72. The van der Waals surface area contributed by atoms with Crippen molar-refractivity contribution in [2.24, 2.45) is 0 Å². The zero-order valence-electron chi connectivity index (χ0n) is 9.32. The van der Waals surface area contributed by atoms with Gasteiger partial charge in [-0.1, -0.05) is 18.2 Å². The molecule has 2 N–H and O–H groups in total. The number of ether oxygens (including phenoxy) is 1. The molecule has 0 aliphatic rings. The summed E-state index contributed by atoms with van der Waals surface area (Å²) in [6, 6.07) is 7.58. The summed E-state index contributed by atoms with van der Waals surface area (Å²) in [7, 11) is 1.25. The maximum absolute atomic E-state index is 11.5. The maximum Gasteiger partial charge on any atom is 0.315 e. The van der Waals surface area contributed by atoms with E-state index in [4.69, 9.17) is 0 Å². The lowest BCUT2D eigenvalue weighted by Crippen LogP contribution is -2.16. The molecule has 0 atom stereocenters. The Labute approximate surface area is 97.8 Å². The largest absolute Gasteiger partial charge is 0.469 e. The molecule has 0 bridgehead atoms. The Morgan fingerprint density at radius 2 is 2.12 bits per heavy atom. The number of anilines is 1. The number of hydrogen-bond donors (Lipinski definition) is 2. The molecule has 1 heterocycles. The van der Waals surface area contributed by atoms with Gasteiger partial charge in [-0.3, -0.25) is 9.59 Å². The van der Waals surface area contributed by atoms with Gasteiger partial charge >= 0.3 is 5.97 Å². The van der Waals surface area contributed by atoms with Gasteiger partial charge in [-0.2, -0.15) is 0 Å². The SMILES string of the molecule is COC(=O)CC(=O)Nc1c[nH]c2ccccc12. The van der Waals surface area contributed by atoms with Crippen LogP contribution in [-0.2, 0) is 14.3 Å². The van der Waals surface area contributed by atoms with Crippen molar-refractivity contribution in [2.75, 3.05) is 12.4 Å². The summed E-state index contributed by atoms with van der Waals surface area (Å²) in [6.45, 7) is 0. The quantitative estimate of drug-likeness (QED) is 0.624. The highest BCUT2D eigenvalue weighted by Gasteiger charge is 2.11. The monoisotopic (exact) mass is 232 g/mol. The van der Waals surface area contributed by atoms with Gasteiger partial charge < -0.3 is 15.0 Å². The molecule has 0 saturated carbocycles. The number of benzene rings is 1. The van der Waals surface area contributed by atoms with Gasteiger partial charge in [0, 0.05) is 17.1 Å². The van der Waals surface area contributed by atoms with Crippen LogP contribution in [0.2, 0.25) is 0 Å². The number of carbonyl (C=O) groups excluding carboxylic acids is 2. The van der Waals surface area contributed by atoms with Crippen molar-refractivity contribution in [1.82, 2.24) is 4.98 Å². The molecular formula is C12H12N2O3. The summed E-state index contributed by atoms with van der Waals surface area (Å²) >= 11 is 0. The Bertz CT molecular complexity index is 560. The van der Waals surface area contributed by atoms with Crippen LogP contribution < -0.4 is 5.32 Å². The number of nitrogens with one attached hydrogen (secondary N) is 2. The summed E-state index contributed by atoms with van der Waals surface area (Å²) in [5, 5.41) is 3.57. The second-order valence-electron chi connectivity index (χ2n) is 3.55. The van der Waals surface area contributed by atoms with Crippen molar-refractivity contribution in [3.63, 3.8) is 0 Å². The molecule has 0 unspecified atom stereocenters. The third-order valence-electron chi connectivity index (χ3n) is 2.40. The van der Waals surface area contributed by atoms with Gasteiger partial charge in [0.2, 0.25) is 5.91 Å². The molecule has 1 aromatic carbocycles. The van der Waals surface area contributed by atoms with Crippen molar-refractivity contribution >= 4 is 28.5 Å². The highest BCUT2D eigenvalue weighted by atomic mass is 16.5. The first-order valence-electron chi connectivity index (χ1n) is 5.13. The van der Waals surface area contributed by atoms with Gasteiger partial charge in [0.05, 0.1) is 12.8 Å². The predicted octanol–water partition coefficient (Wildman–Crippen LogP) is 1.67. The number of aromatic nitrogens is 1. The van der Waals surface area contributed by atoms with Crippen LogP contribution in [0, 0.1) is 0 Å². The van der Waals surface area contributed by atoms with Crippen LogP contribution in [0.3, 0.4) is 0 Å². The molecule has 0 radical (unpaired) electrons. The van der Waals surface area contributed by atoms with Gasteiger partial charge in [0.25, 0.3) is 0 Å². The van der Waals surface area contributed by atoms with Crippen LogP contribution >= 0.6 is 0 Å². The summed E-state index contributed by atoms with van der Waals surface area (Å²) in [5.74, 6) is -0.941. The van der Waals surface area contributed by atoms with Crippen molar-refractivity contribution in [2.45, 2.75) is 6.42 Å². The Balaban J connectivity index is 2.13. The second kappa shape index (κ2) is 4.69. The standard InChI is InChI=1S/C12H12N2O3/c1-17-12(16)6-11(15)14-10-7-13-9-5-3-2-4-8(9)10/h2-5,7,13H,6H2,1H3,(H,14,15). The molecule has 5 heteroatoms. The van der Waals surface area contributed by atoms with Crippen LogP contribution in [0.5, 0.6) is 0 Å². The minimum atomic E-state index is -0.553. The first-order chi connectivity index (χ1) is 8.20. The molecule has 0 spiro atoms. The lowest BCUT2D eigenvalue weighted by molar-refractivity contribution is -0.142. The number of H-pyrrole nitrogens is 1. The van der Waals surface area contributed by atoms with Crippen LogP contribution in [0.15, 0.2) is 30.5 Å². The normalized spacial score (nSPS) is 10.2. The smallest absolute Gasteiger partial charge is 0.315 e. The number of carbonyl (C=O) groups is 2. The van der Waals surface area contributed by atoms with Crippen molar-refractivity contribution in [3.05, 3.63) is 30.5 Å². The minimum absolute atomic E-state index is 0.282. The lowest BCUT2D eigenvalue weighted by Gasteiger charge is -2.02. The van der Waals surface area contributed by atoms with E-state index < -0.39 is 5.97 Å². The maximum atomic E-state index is 11.5. The van der Waals surface area contributed by atoms with Crippen molar-refractivity contribution in [3.8, 4) is 0 Å². The Morgan fingerprint density at radius 3 is 2.88 bits per heavy atom. The predicted molar refractivity (Wildman–Crippen MR) is 63.6 cm³/mol. The average molecular weight is 232 g/mol. The van der Waals surface area contributed by atoms with Crippen molar-refractivity contribution < 1.29 is 14.3 Å². The lowest BCUT2D eigenvalue weighted by atomic mass is 10.2. The number of methoxy groups -OCH3 is 1. The number of rotatable bonds is 3. The van der Waals surface area contributed by atoms with Crippen LogP contribution in [-0.4, -0.2) is 24.0 Å². The molecule has 1 aromatic heterocycles. The number of hydrogen-bond acceptors (Lipinski definition) is 3. The zero-order valence-corrected chi connectivity index (χ0v) is 9.32.